The molecule has 20 heavy (non-hydrogen) atoms. The van der Waals surface area contributed by atoms with Crippen molar-refractivity contribution in [1.29, 1.82) is 0 Å². The molecule has 4 N–H and O–H groups in total. The van der Waals surface area contributed by atoms with E-state index in [1.54, 1.807) is 6.08 Å². The van der Waals surface area contributed by atoms with Crippen LogP contribution in [-0.4, -0.2) is 31.5 Å². The summed E-state index contributed by atoms with van der Waals surface area (Å²) in [5, 5.41) is 5.65. The van der Waals surface area contributed by atoms with Gasteiger partial charge in [-0.15, -0.1) is 23.6 Å². The molecule has 0 spiro atoms. The number of amides is 1. The summed E-state index contributed by atoms with van der Waals surface area (Å²) < 4.78 is 0. The van der Waals surface area contributed by atoms with Crippen molar-refractivity contribution in [2.45, 2.75) is 6.42 Å². The number of carbonyl (C=O) groups excluding carboxylic acids is 1. The molecular formula is C14H21BrN4O. The lowest BCUT2D eigenvalue weighted by Crippen LogP contribution is -2.33. The Labute approximate surface area is 130 Å². The van der Waals surface area contributed by atoms with Gasteiger partial charge in [0, 0.05) is 13.1 Å². The quantitative estimate of drug-likeness (QED) is 0.300. The Hall–Kier alpha value is -1.82. The molecule has 6 heteroatoms. The van der Waals surface area contributed by atoms with E-state index in [2.05, 4.69) is 22.2 Å². The maximum Gasteiger partial charge on any atom is 0.224 e. The monoisotopic (exact) mass is 340 g/mol. The summed E-state index contributed by atoms with van der Waals surface area (Å²) in [7, 11) is 0. The molecule has 5 nitrogen and oxygen atoms in total. The molecule has 1 rings (SSSR count). The third kappa shape index (κ3) is 8.31. The van der Waals surface area contributed by atoms with Crippen LogP contribution >= 0.6 is 17.0 Å². The van der Waals surface area contributed by atoms with Gasteiger partial charge in [-0.25, -0.2) is 0 Å². The number of aliphatic imine (C=N–C) groups is 1. The van der Waals surface area contributed by atoms with Crippen LogP contribution in [0.2, 0.25) is 0 Å². The summed E-state index contributed by atoms with van der Waals surface area (Å²) in [5.41, 5.74) is 6.57. The Morgan fingerprint density at radius 1 is 1.30 bits per heavy atom. The molecule has 110 valence electrons. The Morgan fingerprint density at radius 3 is 2.65 bits per heavy atom. The normalized spacial score (nSPS) is 10.3. The zero-order valence-corrected chi connectivity index (χ0v) is 13.1. The minimum atomic E-state index is -0.0148. The zero-order valence-electron chi connectivity index (χ0n) is 11.3. The second kappa shape index (κ2) is 11.0. The molecule has 0 aliphatic carbocycles. The van der Waals surface area contributed by atoms with E-state index in [0.29, 0.717) is 32.0 Å². The van der Waals surface area contributed by atoms with Gasteiger partial charge < -0.3 is 16.4 Å². The SMILES string of the molecule is Br.C=CCNC(N)=NCCNC(=O)Cc1ccccc1. The number of nitrogens with one attached hydrogen (secondary N) is 2. The van der Waals surface area contributed by atoms with Gasteiger partial charge in [-0.2, -0.15) is 0 Å². The lowest BCUT2D eigenvalue weighted by molar-refractivity contribution is -0.120. The lowest BCUT2D eigenvalue weighted by atomic mass is 10.1. The van der Waals surface area contributed by atoms with Crippen molar-refractivity contribution >= 4 is 28.8 Å². The first-order chi connectivity index (χ1) is 9.22. The third-order valence-electron chi connectivity index (χ3n) is 2.35. The Bertz CT molecular complexity index is 434. The molecule has 1 aromatic carbocycles. The minimum Gasteiger partial charge on any atom is -0.370 e. The largest absolute Gasteiger partial charge is 0.370 e. The summed E-state index contributed by atoms with van der Waals surface area (Å²) in [6.07, 6.45) is 2.08. The van der Waals surface area contributed by atoms with Crippen molar-refractivity contribution in [3.8, 4) is 0 Å². The molecule has 0 heterocycles. The number of nitrogens with two attached hydrogens (primary N) is 1. The maximum atomic E-state index is 11.6. The van der Waals surface area contributed by atoms with Crippen molar-refractivity contribution < 1.29 is 4.79 Å². The second-order valence-electron chi connectivity index (χ2n) is 3.95. The van der Waals surface area contributed by atoms with E-state index in [0.717, 1.165) is 5.56 Å². The third-order valence-corrected chi connectivity index (χ3v) is 2.35. The summed E-state index contributed by atoms with van der Waals surface area (Å²) in [5.74, 6) is 0.344. The smallest absolute Gasteiger partial charge is 0.224 e. The molecule has 0 saturated carbocycles. The summed E-state index contributed by atoms with van der Waals surface area (Å²) >= 11 is 0. The van der Waals surface area contributed by atoms with Gasteiger partial charge in [0.05, 0.1) is 13.0 Å². The topological polar surface area (TPSA) is 79.5 Å². The number of hydrogen-bond acceptors (Lipinski definition) is 2. The van der Waals surface area contributed by atoms with Crippen molar-refractivity contribution in [2.24, 2.45) is 10.7 Å². The van der Waals surface area contributed by atoms with Crippen molar-refractivity contribution in [3.05, 3.63) is 48.6 Å². The van der Waals surface area contributed by atoms with Gasteiger partial charge in [-0.3, -0.25) is 9.79 Å². The number of nitrogens with zero attached hydrogens (tertiary/aromatic N) is 1. The molecular weight excluding hydrogens is 320 g/mol. The second-order valence-corrected chi connectivity index (χ2v) is 3.95. The predicted octanol–water partition coefficient (Wildman–Crippen LogP) is 1.01. The highest BCUT2D eigenvalue weighted by molar-refractivity contribution is 8.93. The number of guanidine groups is 1. The summed E-state index contributed by atoms with van der Waals surface area (Å²) in [6, 6.07) is 9.61. The van der Waals surface area contributed by atoms with Crippen LogP contribution in [0.5, 0.6) is 0 Å². The molecule has 1 aromatic rings. The average molecular weight is 341 g/mol. The van der Waals surface area contributed by atoms with Crippen LogP contribution in [0.3, 0.4) is 0 Å². The Kier molecular flexibility index (Phi) is 10.0. The summed E-state index contributed by atoms with van der Waals surface area (Å²) in [4.78, 5) is 15.7. The van der Waals surface area contributed by atoms with Crippen molar-refractivity contribution in [1.82, 2.24) is 10.6 Å². The van der Waals surface area contributed by atoms with Crippen LogP contribution < -0.4 is 16.4 Å². The standard InChI is InChI=1S/C14H20N4O.BrH/c1-2-8-17-14(15)18-10-9-16-13(19)11-12-6-4-3-5-7-12;/h2-7H,1,8-11H2,(H,16,19)(H3,15,17,18);1H. The highest BCUT2D eigenvalue weighted by atomic mass is 79.9. The predicted molar refractivity (Wildman–Crippen MR) is 88.2 cm³/mol. The van der Waals surface area contributed by atoms with E-state index < -0.39 is 0 Å². The van der Waals surface area contributed by atoms with Gasteiger partial charge in [0.2, 0.25) is 5.91 Å². The van der Waals surface area contributed by atoms with Crippen LogP contribution in [-0.2, 0) is 11.2 Å². The van der Waals surface area contributed by atoms with E-state index >= 15 is 0 Å². The fourth-order valence-corrected chi connectivity index (χ4v) is 1.45. The maximum absolute atomic E-state index is 11.6. The van der Waals surface area contributed by atoms with E-state index in [1.165, 1.54) is 0 Å². The highest BCUT2D eigenvalue weighted by Gasteiger charge is 2.01. The Balaban J connectivity index is 0.00000361. The van der Waals surface area contributed by atoms with E-state index in [1.807, 2.05) is 30.3 Å². The van der Waals surface area contributed by atoms with Gasteiger partial charge in [-0.05, 0) is 5.56 Å². The molecule has 1 amide bonds. The molecule has 0 radical (unpaired) electrons. The van der Waals surface area contributed by atoms with Crippen LogP contribution in [0.25, 0.3) is 0 Å². The van der Waals surface area contributed by atoms with Gasteiger partial charge in [0.15, 0.2) is 5.96 Å². The van der Waals surface area contributed by atoms with Gasteiger partial charge in [0.25, 0.3) is 0 Å². The number of halogens is 1. The first-order valence-electron chi connectivity index (χ1n) is 6.17. The van der Waals surface area contributed by atoms with Gasteiger partial charge in [0.1, 0.15) is 0 Å². The van der Waals surface area contributed by atoms with Gasteiger partial charge >= 0.3 is 0 Å². The van der Waals surface area contributed by atoms with E-state index in [-0.39, 0.29) is 22.9 Å². The van der Waals surface area contributed by atoms with E-state index in [4.69, 9.17) is 5.73 Å². The molecule has 0 unspecified atom stereocenters. The molecule has 0 aromatic heterocycles. The summed E-state index contributed by atoms with van der Waals surface area (Å²) in [6.45, 7) is 5.07. The zero-order chi connectivity index (χ0) is 13.9. The molecule has 0 saturated heterocycles. The Morgan fingerprint density at radius 2 is 2.00 bits per heavy atom. The average Bonchev–Trinajstić information content (AvgIpc) is 2.42. The van der Waals surface area contributed by atoms with Gasteiger partial charge in [-0.1, -0.05) is 36.4 Å². The minimum absolute atomic E-state index is 0. The highest BCUT2D eigenvalue weighted by Crippen LogP contribution is 1.98. The molecule has 0 aliphatic heterocycles. The van der Waals surface area contributed by atoms with Crippen LogP contribution in [0, 0.1) is 0 Å². The number of benzene rings is 1. The van der Waals surface area contributed by atoms with Crippen LogP contribution in [0.4, 0.5) is 0 Å². The lowest BCUT2D eigenvalue weighted by Gasteiger charge is -2.05. The molecule has 0 bridgehead atoms. The van der Waals surface area contributed by atoms with Crippen molar-refractivity contribution in [3.63, 3.8) is 0 Å². The molecule has 0 fully saturated rings. The number of hydrogen-bond donors (Lipinski definition) is 3. The fraction of sp³-hybridized carbons (Fsp3) is 0.286. The fourth-order valence-electron chi connectivity index (χ4n) is 1.45. The molecule has 0 atom stereocenters. The van der Waals surface area contributed by atoms with Crippen molar-refractivity contribution in [2.75, 3.05) is 19.6 Å². The van der Waals surface area contributed by atoms with Crippen LogP contribution in [0.1, 0.15) is 5.56 Å². The first kappa shape index (κ1) is 18.2. The molecule has 0 aliphatic rings. The number of rotatable bonds is 7. The number of carbonyl (C=O) groups is 1. The van der Waals surface area contributed by atoms with Crippen LogP contribution in [0.15, 0.2) is 48.0 Å². The van der Waals surface area contributed by atoms with E-state index in [9.17, 15) is 4.79 Å². The first-order valence-corrected chi connectivity index (χ1v) is 6.17.